The van der Waals surface area contributed by atoms with Crippen LogP contribution in [0.2, 0.25) is 0 Å². The molecule has 2 nitrogen and oxygen atoms in total. The van der Waals surface area contributed by atoms with Gasteiger partial charge in [-0.3, -0.25) is 0 Å². The fourth-order valence-corrected chi connectivity index (χ4v) is 2.13. The summed E-state index contributed by atoms with van der Waals surface area (Å²) in [6.07, 6.45) is 0. The molecular formula is C11H9BrN2. The molecular weight excluding hydrogens is 240 g/mol. The van der Waals surface area contributed by atoms with Gasteiger partial charge < -0.3 is 4.57 Å². The molecule has 70 valence electrons. The number of halogens is 1. The van der Waals surface area contributed by atoms with Crippen molar-refractivity contribution in [1.82, 2.24) is 4.57 Å². The monoisotopic (exact) mass is 248 g/mol. The number of aryl methyl sites for hydroxylation is 1. The fourth-order valence-electron chi connectivity index (χ4n) is 1.59. The van der Waals surface area contributed by atoms with Crippen molar-refractivity contribution in [2.45, 2.75) is 5.33 Å². The number of hydrogen-bond acceptors (Lipinski definition) is 0. The summed E-state index contributed by atoms with van der Waals surface area (Å²) in [5, 5.41) is 1.97. The van der Waals surface area contributed by atoms with Gasteiger partial charge in [-0.15, -0.1) is 0 Å². The van der Waals surface area contributed by atoms with Gasteiger partial charge in [0.05, 0.1) is 6.57 Å². The van der Waals surface area contributed by atoms with Gasteiger partial charge in [0.25, 0.3) is 0 Å². The lowest BCUT2D eigenvalue weighted by Gasteiger charge is -1.99. The Bertz CT molecular complexity index is 520. The minimum Gasteiger partial charge on any atom is -0.347 e. The molecule has 2 aromatic rings. The quantitative estimate of drug-likeness (QED) is 0.539. The van der Waals surface area contributed by atoms with Crippen molar-refractivity contribution in [1.29, 1.82) is 0 Å². The Morgan fingerprint density at radius 2 is 2.21 bits per heavy atom. The highest BCUT2D eigenvalue weighted by atomic mass is 79.9. The highest BCUT2D eigenvalue weighted by Gasteiger charge is 2.04. The smallest absolute Gasteiger partial charge is 0.187 e. The third kappa shape index (κ3) is 1.32. The van der Waals surface area contributed by atoms with Crippen LogP contribution >= 0.6 is 15.9 Å². The largest absolute Gasteiger partial charge is 0.347 e. The Kier molecular flexibility index (Phi) is 2.30. The molecule has 1 aromatic heterocycles. The lowest BCUT2D eigenvalue weighted by Crippen LogP contribution is -1.91. The zero-order valence-corrected chi connectivity index (χ0v) is 9.37. The summed E-state index contributed by atoms with van der Waals surface area (Å²) in [6, 6.07) is 7.88. The van der Waals surface area contributed by atoms with E-state index in [9.17, 15) is 0 Å². The maximum Gasteiger partial charge on any atom is 0.187 e. The third-order valence-corrected chi connectivity index (χ3v) is 2.97. The standard InChI is InChI=1S/C11H9BrN2/c1-13-9-3-4-11-8(5-9)6-10(7-12)14(11)2/h3-6H,7H2,2H3. The van der Waals surface area contributed by atoms with Gasteiger partial charge in [-0.25, -0.2) is 4.85 Å². The van der Waals surface area contributed by atoms with Crippen molar-refractivity contribution in [3.63, 3.8) is 0 Å². The summed E-state index contributed by atoms with van der Waals surface area (Å²) in [7, 11) is 2.04. The van der Waals surface area contributed by atoms with Crippen LogP contribution in [0.4, 0.5) is 5.69 Å². The van der Waals surface area contributed by atoms with Gasteiger partial charge in [0.2, 0.25) is 0 Å². The Hall–Kier alpha value is -1.27. The van der Waals surface area contributed by atoms with Crippen LogP contribution in [-0.4, -0.2) is 4.57 Å². The second kappa shape index (κ2) is 3.47. The van der Waals surface area contributed by atoms with E-state index in [-0.39, 0.29) is 0 Å². The van der Waals surface area contributed by atoms with Crippen LogP contribution in [0.25, 0.3) is 15.7 Å². The van der Waals surface area contributed by atoms with E-state index < -0.39 is 0 Å². The maximum absolute atomic E-state index is 6.93. The first-order valence-electron chi connectivity index (χ1n) is 4.28. The van der Waals surface area contributed by atoms with Gasteiger partial charge in [-0.05, 0) is 23.6 Å². The molecule has 0 bridgehead atoms. The van der Waals surface area contributed by atoms with Crippen LogP contribution in [0.3, 0.4) is 0 Å². The van der Waals surface area contributed by atoms with Gasteiger partial charge in [0, 0.05) is 23.6 Å². The van der Waals surface area contributed by atoms with Crippen LogP contribution in [0.15, 0.2) is 24.3 Å². The first-order chi connectivity index (χ1) is 6.76. The summed E-state index contributed by atoms with van der Waals surface area (Å²) in [5.74, 6) is 0. The topological polar surface area (TPSA) is 9.29 Å². The van der Waals surface area contributed by atoms with Gasteiger partial charge in [0.1, 0.15) is 0 Å². The molecule has 0 radical (unpaired) electrons. The molecule has 1 heterocycles. The van der Waals surface area contributed by atoms with E-state index in [1.807, 2.05) is 25.2 Å². The highest BCUT2D eigenvalue weighted by molar-refractivity contribution is 9.08. The molecule has 0 unspecified atom stereocenters. The van der Waals surface area contributed by atoms with Crippen LogP contribution in [0, 0.1) is 6.57 Å². The molecule has 14 heavy (non-hydrogen) atoms. The van der Waals surface area contributed by atoms with Crippen LogP contribution in [0.5, 0.6) is 0 Å². The number of aromatic nitrogens is 1. The third-order valence-electron chi connectivity index (χ3n) is 2.39. The van der Waals surface area contributed by atoms with Gasteiger partial charge >= 0.3 is 0 Å². The average Bonchev–Trinajstić information content (AvgIpc) is 2.55. The van der Waals surface area contributed by atoms with E-state index in [4.69, 9.17) is 6.57 Å². The van der Waals surface area contributed by atoms with Crippen molar-refractivity contribution in [2.24, 2.45) is 7.05 Å². The molecule has 0 saturated carbocycles. The summed E-state index contributed by atoms with van der Waals surface area (Å²) >= 11 is 3.44. The molecule has 0 aliphatic heterocycles. The lowest BCUT2D eigenvalue weighted by atomic mass is 10.2. The molecule has 0 spiro atoms. The van der Waals surface area contributed by atoms with E-state index >= 15 is 0 Å². The van der Waals surface area contributed by atoms with Crippen molar-refractivity contribution >= 4 is 32.5 Å². The Balaban J connectivity index is 2.74. The van der Waals surface area contributed by atoms with Crippen LogP contribution < -0.4 is 0 Å². The first-order valence-corrected chi connectivity index (χ1v) is 5.40. The molecule has 0 aliphatic carbocycles. The first kappa shape index (κ1) is 9.29. The minimum absolute atomic E-state index is 0.698. The van der Waals surface area contributed by atoms with Crippen molar-refractivity contribution in [3.05, 3.63) is 41.4 Å². The number of nitrogens with zero attached hydrogens (tertiary/aromatic N) is 2. The lowest BCUT2D eigenvalue weighted by molar-refractivity contribution is 0.912. The van der Waals surface area contributed by atoms with E-state index in [1.165, 1.54) is 11.2 Å². The molecule has 0 atom stereocenters. The summed E-state index contributed by atoms with van der Waals surface area (Å²) in [5.41, 5.74) is 3.10. The fraction of sp³-hybridized carbons (Fsp3) is 0.182. The van der Waals surface area contributed by atoms with E-state index in [0.717, 1.165) is 10.7 Å². The molecule has 0 fully saturated rings. The molecule has 0 aliphatic rings. The summed E-state index contributed by atoms with van der Waals surface area (Å²) < 4.78 is 2.14. The number of fused-ring (bicyclic) bond motifs is 1. The summed E-state index contributed by atoms with van der Waals surface area (Å²) in [4.78, 5) is 3.41. The maximum atomic E-state index is 6.93. The molecule has 0 N–H and O–H groups in total. The Morgan fingerprint density at radius 1 is 1.43 bits per heavy atom. The average molecular weight is 249 g/mol. The van der Waals surface area contributed by atoms with E-state index in [0.29, 0.717) is 5.69 Å². The van der Waals surface area contributed by atoms with Gasteiger partial charge in [0.15, 0.2) is 5.69 Å². The van der Waals surface area contributed by atoms with Crippen LogP contribution in [-0.2, 0) is 12.4 Å². The molecule has 0 amide bonds. The summed E-state index contributed by atoms with van der Waals surface area (Å²) in [6.45, 7) is 6.93. The predicted octanol–water partition coefficient (Wildman–Crippen LogP) is 3.62. The van der Waals surface area contributed by atoms with Gasteiger partial charge in [-0.2, -0.15) is 0 Å². The Morgan fingerprint density at radius 3 is 2.86 bits per heavy atom. The molecule has 0 saturated heterocycles. The number of hydrogen-bond donors (Lipinski definition) is 0. The highest BCUT2D eigenvalue weighted by Crippen LogP contribution is 2.24. The molecule has 3 heteroatoms. The number of alkyl halides is 1. The zero-order valence-electron chi connectivity index (χ0n) is 7.79. The van der Waals surface area contributed by atoms with Crippen molar-refractivity contribution in [2.75, 3.05) is 0 Å². The second-order valence-corrected chi connectivity index (χ2v) is 3.74. The normalized spacial score (nSPS) is 10.4. The molecule has 2 rings (SSSR count). The second-order valence-electron chi connectivity index (χ2n) is 3.18. The van der Waals surface area contributed by atoms with Gasteiger partial charge in [-0.1, -0.05) is 22.0 Å². The number of rotatable bonds is 1. The number of benzene rings is 1. The zero-order chi connectivity index (χ0) is 10.1. The minimum atomic E-state index is 0.698. The van der Waals surface area contributed by atoms with Crippen molar-refractivity contribution < 1.29 is 0 Å². The van der Waals surface area contributed by atoms with E-state index in [1.54, 1.807) is 0 Å². The van der Waals surface area contributed by atoms with Crippen LogP contribution in [0.1, 0.15) is 5.69 Å². The molecule has 1 aromatic carbocycles. The van der Waals surface area contributed by atoms with Crippen molar-refractivity contribution in [3.8, 4) is 0 Å². The Labute approximate surface area is 91.1 Å². The van der Waals surface area contributed by atoms with E-state index in [2.05, 4.69) is 31.4 Å². The predicted molar refractivity (Wildman–Crippen MR) is 61.8 cm³/mol. The SMILES string of the molecule is [C-]#[N+]c1ccc2c(c1)cc(CBr)n2C.